The van der Waals surface area contributed by atoms with E-state index < -0.39 is 11.7 Å². The number of carbonyl (C=O) groups excluding carboxylic acids is 1. The van der Waals surface area contributed by atoms with E-state index in [0.29, 0.717) is 13.1 Å². The quantitative estimate of drug-likeness (QED) is 0.691. The van der Waals surface area contributed by atoms with Crippen molar-refractivity contribution in [3.8, 4) is 0 Å². The Balaban J connectivity index is 2.47. The van der Waals surface area contributed by atoms with Crippen molar-refractivity contribution in [2.24, 2.45) is 0 Å². The van der Waals surface area contributed by atoms with Crippen molar-refractivity contribution in [3.63, 3.8) is 0 Å². The Hall–Kier alpha value is -0.810. The highest BCUT2D eigenvalue weighted by atomic mass is 16.6. The molecule has 1 unspecified atom stereocenters. The van der Waals surface area contributed by atoms with Gasteiger partial charge in [0.25, 0.3) is 0 Å². The summed E-state index contributed by atoms with van der Waals surface area (Å²) in [4.78, 5) is 13.3. The Morgan fingerprint density at radius 1 is 1.47 bits per heavy atom. The van der Waals surface area contributed by atoms with Gasteiger partial charge in [-0.1, -0.05) is 0 Å². The number of piperazine rings is 1. The van der Waals surface area contributed by atoms with Gasteiger partial charge in [-0.05, 0) is 20.8 Å². The van der Waals surface area contributed by atoms with Gasteiger partial charge in [-0.15, -0.1) is 0 Å². The number of hydrogen-bond donors (Lipinski definition) is 2. The van der Waals surface area contributed by atoms with E-state index in [2.05, 4.69) is 5.32 Å². The molecule has 1 aliphatic heterocycles. The summed E-state index contributed by atoms with van der Waals surface area (Å²) in [5.41, 5.74) is -0.831. The minimum Gasteiger partial charge on any atom is -0.441 e. The van der Waals surface area contributed by atoms with Crippen LogP contribution in [0, 0.1) is 0 Å². The Morgan fingerprint density at radius 2 is 2.00 bits per heavy atom. The smallest absolute Gasteiger partial charge is 0.410 e. The van der Waals surface area contributed by atoms with Crippen molar-refractivity contribution in [1.29, 1.82) is 0 Å². The van der Waals surface area contributed by atoms with Crippen LogP contribution in [0.25, 0.3) is 0 Å². The highest BCUT2D eigenvalue weighted by molar-refractivity contribution is 5.68. The van der Waals surface area contributed by atoms with Crippen molar-refractivity contribution in [1.82, 2.24) is 10.2 Å². The van der Waals surface area contributed by atoms with Gasteiger partial charge in [0.05, 0.1) is 6.10 Å². The molecule has 0 aromatic rings. The number of ether oxygens (including phenoxy) is 1. The van der Waals surface area contributed by atoms with Gasteiger partial charge in [0.2, 0.25) is 0 Å². The van der Waals surface area contributed by atoms with E-state index >= 15 is 0 Å². The third kappa shape index (κ3) is 3.35. The second kappa shape index (κ2) is 4.81. The number of hydrogen-bond acceptors (Lipinski definition) is 4. The third-order valence-corrected chi connectivity index (χ3v) is 2.73. The molecule has 1 amide bonds. The van der Waals surface area contributed by atoms with Crippen molar-refractivity contribution >= 4 is 6.09 Å². The van der Waals surface area contributed by atoms with Gasteiger partial charge in [-0.25, -0.2) is 4.79 Å². The number of nitrogens with one attached hydrogen (secondary N) is 1. The highest BCUT2D eigenvalue weighted by Gasteiger charge is 2.31. The molecule has 1 fully saturated rings. The number of amides is 1. The third-order valence-electron chi connectivity index (χ3n) is 2.73. The van der Waals surface area contributed by atoms with Gasteiger partial charge < -0.3 is 20.1 Å². The molecule has 0 aromatic heterocycles. The monoisotopic (exact) mass is 216 g/mol. The lowest BCUT2D eigenvalue weighted by molar-refractivity contribution is -0.0614. The fourth-order valence-electron chi connectivity index (χ4n) is 1.22. The maximum absolute atomic E-state index is 11.7. The predicted octanol–water partition coefficient (Wildman–Crippen LogP) is 0.188. The molecule has 0 radical (unpaired) electrons. The summed E-state index contributed by atoms with van der Waals surface area (Å²) in [6.07, 6.45) is -1.02. The predicted molar refractivity (Wildman–Crippen MR) is 56.7 cm³/mol. The van der Waals surface area contributed by atoms with Crippen LogP contribution in [-0.2, 0) is 4.74 Å². The lowest BCUT2D eigenvalue weighted by Gasteiger charge is -2.33. The molecule has 1 aliphatic rings. The van der Waals surface area contributed by atoms with Crippen LogP contribution in [0.3, 0.4) is 0 Å². The molecule has 1 heterocycles. The Labute approximate surface area is 90.4 Å². The summed E-state index contributed by atoms with van der Waals surface area (Å²) in [6.45, 7) is 7.94. The first-order valence-electron chi connectivity index (χ1n) is 5.30. The lowest BCUT2D eigenvalue weighted by Crippen LogP contribution is -2.50. The molecule has 1 saturated heterocycles. The van der Waals surface area contributed by atoms with Crippen molar-refractivity contribution in [2.45, 2.75) is 32.5 Å². The maximum atomic E-state index is 11.7. The molecule has 2 N–H and O–H groups in total. The second-order valence-corrected chi connectivity index (χ2v) is 4.38. The number of aliphatic hydroxyl groups is 1. The standard InChI is InChI=1S/C10H20N2O3/c1-8(13)10(2,3)15-9(14)12-6-4-11-5-7-12/h8,11,13H,4-7H2,1-3H3. The molecular weight excluding hydrogens is 196 g/mol. The van der Waals surface area contributed by atoms with Crippen LogP contribution in [0.2, 0.25) is 0 Å². The zero-order chi connectivity index (χ0) is 11.5. The molecule has 88 valence electrons. The van der Waals surface area contributed by atoms with Crippen LogP contribution >= 0.6 is 0 Å². The van der Waals surface area contributed by atoms with E-state index in [1.54, 1.807) is 25.7 Å². The number of rotatable bonds is 2. The van der Waals surface area contributed by atoms with E-state index in [1.807, 2.05) is 0 Å². The molecule has 0 aliphatic carbocycles. The first-order valence-corrected chi connectivity index (χ1v) is 5.30. The molecule has 0 aromatic carbocycles. The van der Waals surface area contributed by atoms with E-state index in [9.17, 15) is 9.90 Å². The maximum Gasteiger partial charge on any atom is 0.410 e. The molecule has 1 rings (SSSR count). The average Bonchev–Trinajstić information content (AvgIpc) is 2.18. The summed E-state index contributed by atoms with van der Waals surface area (Å²) in [5.74, 6) is 0. The topological polar surface area (TPSA) is 61.8 Å². The van der Waals surface area contributed by atoms with Crippen LogP contribution in [0.1, 0.15) is 20.8 Å². The Kier molecular flexibility index (Phi) is 3.93. The minimum atomic E-state index is -0.831. The normalized spacial score (nSPS) is 19.9. The van der Waals surface area contributed by atoms with Crippen LogP contribution < -0.4 is 5.32 Å². The van der Waals surface area contributed by atoms with Crippen LogP contribution in [0.4, 0.5) is 4.79 Å². The van der Waals surface area contributed by atoms with Gasteiger partial charge >= 0.3 is 6.09 Å². The highest BCUT2D eigenvalue weighted by Crippen LogP contribution is 2.16. The molecule has 5 heteroatoms. The van der Waals surface area contributed by atoms with Gasteiger partial charge in [0.1, 0.15) is 5.60 Å². The van der Waals surface area contributed by atoms with Crippen molar-refractivity contribution < 1.29 is 14.6 Å². The van der Waals surface area contributed by atoms with Crippen LogP contribution in [0.15, 0.2) is 0 Å². The second-order valence-electron chi connectivity index (χ2n) is 4.38. The van der Waals surface area contributed by atoms with Gasteiger partial charge in [-0.2, -0.15) is 0 Å². The summed E-state index contributed by atoms with van der Waals surface area (Å²) < 4.78 is 5.25. The first kappa shape index (κ1) is 12.3. The fourth-order valence-corrected chi connectivity index (χ4v) is 1.22. The number of aliphatic hydroxyl groups excluding tert-OH is 1. The number of nitrogens with zero attached hydrogens (tertiary/aromatic N) is 1. The fraction of sp³-hybridized carbons (Fsp3) is 0.900. The molecule has 5 nitrogen and oxygen atoms in total. The molecule has 0 bridgehead atoms. The van der Waals surface area contributed by atoms with E-state index in [-0.39, 0.29) is 6.09 Å². The largest absolute Gasteiger partial charge is 0.441 e. The van der Waals surface area contributed by atoms with E-state index in [4.69, 9.17) is 4.74 Å². The Morgan fingerprint density at radius 3 is 2.47 bits per heavy atom. The van der Waals surface area contributed by atoms with Crippen molar-refractivity contribution in [2.75, 3.05) is 26.2 Å². The first-order chi connectivity index (χ1) is 6.93. The summed E-state index contributed by atoms with van der Waals surface area (Å²) in [7, 11) is 0. The van der Waals surface area contributed by atoms with Gasteiger partial charge in [0, 0.05) is 26.2 Å². The van der Waals surface area contributed by atoms with E-state index in [1.165, 1.54) is 0 Å². The Bertz CT molecular complexity index is 223. The molecule has 1 atom stereocenters. The SMILES string of the molecule is CC(O)C(C)(C)OC(=O)N1CCNCC1. The van der Waals surface area contributed by atoms with Gasteiger partial charge in [-0.3, -0.25) is 0 Å². The summed E-state index contributed by atoms with van der Waals surface area (Å²) in [6, 6.07) is 0. The molecular formula is C10H20N2O3. The summed E-state index contributed by atoms with van der Waals surface area (Å²) >= 11 is 0. The van der Waals surface area contributed by atoms with Gasteiger partial charge in [0.15, 0.2) is 0 Å². The minimum absolute atomic E-state index is 0.345. The lowest BCUT2D eigenvalue weighted by atomic mass is 10.0. The van der Waals surface area contributed by atoms with E-state index in [0.717, 1.165) is 13.1 Å². The molecule has 0 saturated carbocycles. The average molecular weight is 216 g/mol. The summed E-state index contributed by atoms with van der Waals surface area (Å²) in [5, 5.41) is 12.6. The van der Waals surface area contributed by atoms with Crippen molar-refractivity contribution in [3.05, 3.63) is 0 Å². The zero-order valence-corrected chi connectivity index (χ0v) is 9.62. The molecule has 0 spiro atoms. The zero-order valence-electron chi connectivity index (χ0n) is 9.62. The van der Waals surface area contributed by atoms with Crippen LogP contribution in [0.5, 0.6) is 0 Å². The number of carbonyl (C=O) groups is 1. The van der Waals surface area contributed by atoms with Crippen LogP contribution in [-0.4, -0.2) is 54.0 Å². The molecule has 15 heavy (non-hydrogen) atoms.